The number of unbranched alkanes of at least 4 members (excludes halogenated alkanes) is 1. The molecule has 2 amide bonds. The molecule has 0 aromatic heterocycles. The molecule has 0 radical (unpaired) electrons. The highest BCUT2D eigenvalue weighted by atomic mass is 35.5. The van der Waals surface area contributed by atoms with Crippen LogP contribution in [0.15, 0.2) is 54.6 Å². The average Bonchev–Trinajstić information content (AvgIpc) is 2.78. The van der Waals surface area contributed by atoms with Crippen molar-refractivity contribution in [2.45, 2.75) is 58.5 Å². The van der Waals surface area contributed by atoms with Crippen LogP contribution in [-0.4, -0.2) is 35.9 Å². The van der Waals surface area contributed by atoms with E-state index >= 15 is 0 Å². The van der Waals surface area contributed by atoms with Gasteiger partial charge in [-0.3, -0.25) is 9.59 Å². The van der Waals surface area contributed by atoms with E-state index in [2.05, 4.69) is 12.2 Å². The van der Waals surface area contributed by atoms with Crippen LogP contribution in [0.1, 0.15) is 51.5 Å². The van der Waals surface area contributed by atoms with Gasteiger partial charge in [0.05, 0.1) is 6.61 Å². The smallest absolute Gasteiger partial charge is 0.242 e. The summed E-state index contributed by atoms with van der Waals surface area (Å²) in [6.45, 7) is 5.50. The minimum absolute atomic E-state index is 0.0407. The number of nitrogens with one attached hydrogen (secondary N) is 1. The number of amides is 2. The van der Waals surface area contributed by atoms with Gasteiger partial charge in [0.2, 0.25) is 11.8 Å². The number of hydrogen-bond donors (Lipinski definition) is 1. The van der Waals surface area contributed by atoms with Crippen LogP contribution in [0.5, 0.6) is 5.75 Å². The molecule has 2 aromatic carbocycles. The highest BCUT2D eigenvalue weighted by Gasteiger charge is 2.28. The second kappa shape index (κ2) is 13.7. The van der Waals surface area contributed by atoms with E-state index in [-0.39, 0.29) is 11.8 Å². The van der Waals surface area contributed by atoms with Gasteiger partial charge in [-0.1, -0.05) is 62.2 Å². The number of carbonyl (C=O) groups excluding carboxylic acids is 2. The molecule has 0 bridgehead atoms. The van der Waals surface area contributed by atoms with Crippen molar-refractivity contribution in [2.75, 3.05) is 13.2 Å². The van der Waals surface area contributed by atoms with Gasteiger partial charge in [0, 0.05) is 24.5 Å². The maximum atomic E-state index is 13.1. The molecule has 0 fully saturated rings. The molecule has 1 N–H and O–H groups in total. The quantitative estimate of drug-likeness (QED) is 0.431. The Morgan fingerprint density at radius 3 is 2.39 bits per heavy atom. The van der Waals surface area contributed by atoms with E-state index in [0.717, 1.165) is 24.2 Å². The first kappa shape index (κ1) is 24.7. The molecular weight excluding hydrogens is 412 g/mol. The van der Waals surface area contributed by atoms with E-state index in [4.69, 9.17) is 16.3 Å². The van der Waals surface area contributed by atoms with Gasteiger partial charge in [-0.25, -0.2) is 0 Å². The summed E-state index contributed by atoms with van der Waals surface area (Å²) in [5, 5.41) is 3.64. The Kier molecular flexibility index (Phi) is 10.9. The Morgan fingerprint density at radius 2 is 1.74 bits per heavy atom. The zero-order chi connectivity index (χ0) is 22.5. The van der Waals surface area contributed by atoms with Gasteiger partial charge in [0.1, 0.15) is 11.8 Å². The van der Waals surface area contributed by atoms with Crippen LogP contribution in [0.2, 0.25) is 5.02 Å². The van der Waals surface area contributed by atoms with Gasteiger partial charge < -0.3 is 15.0 Å². The van der Waals surface area contributed by atoms with E-state index in [1.807, 2.05) is 37.3 Å². The molecule has 0 aliphatic carbocycles. The van der Waals surface area contributed by atoms with Gasteiger partial charge in [-0.05, 0) is 49.1 Å². The first-order chi connectivity index (χ1) is 15.0. The predicted octanol–water partition coefficient (Wildman–Crippen LogP) is 5.22. The Bertz CT molecular complexity index is 796. The first-order valence-electron chi connectivity index (χ1n) is 11.0. The highest BCUT2D eigenvalue weighted by molar-refractivity contribution is 6.30. The van der Waals surface area contributed by atoms with Crippen LogP contribution >= 0.6 is 11.6 Å². The molecule has 0 saturated heterocycles. The van der Waals surface area contributed by atoms with Gasteiger partial charge in [0.15, 0.2) is 0 Å². The second-order valence-corrected chi connectivity index (χ2v) is 7.92. The molecule has 0 saturated carbocycles. The normalized spacial score (nSPS) is 11.6. The standard InChI is InChI=1S/C25H33ClN2O3/c1-3-5-17-27-25(30)23(4-2)28(19-20-10-7-6-8-11-20)24(29)12-9-18-31-22-15-13-21(26)14-16-22/h6-8,10-11,13-16,23H,3-5,9,12,17-19H2,1-2H3,(H,27,30). The summed E-state index contributed by atoms with van der Waals surface area (Å²) in [4.78, 5) is 27.6. The summed E-state index contributed by atoms with van der Waals surface area (Å²) in [6, 6.07) is 16.5. The Labute approximate surface area is 190 Å². The van der Waals surface area contributed by atoms with E-state index in [1.54, 1.807) is 29.2 Å². The number of benzene rings is 2. The summed E-state index contributed by atoms with van der Waals surface area (Å²) in [5.41, 5.74) is 1.01. The Hall–Kier alpha value is -2.53. The van der Waals surface area contributed by atoms with Crippen molar-refractivity contribution in [2.24, 2.45) is 0 Å². The molecule has 0 aliphatic heterocycles. The third-order valence-corrected chi connectivity index (χ3v) is 5.28. The average molecular weight is 445 g/mol. The summed E-state index contributed by atoms with van der Waals surface area (Å²) in [5.74, 6) is 0.596. The minimum Gasteiger partial charge on any atom is -0.494 e. The lowest BCUT2D eigenvalue weighted by Gasteiger charge is -2.30. The topological polar surface area (TPSA) is 58.6 Å². The molecule has 6 heteroatoms. The SMILES string of the molecule is CCCCNC(=O)C(CC)N(Cc1ccccc1)C(=O)CCCOc1ccc(Cl)cc1. The van der Waals surface area contributed by atoms with Gasteiger partial charge >= 0.3 is 0 Å². The predicted molar refractivity (Wildman–Crippen MR) is 125 cm³/mol. The zero-order valence-corrected chi connectivity index (χ0v) is 19.2. The maximum Gasteiger partial charge on any atom is 0.242 e. The number of ether oxygens (including phenoxy) is 1. The lowest BCUT2D eigenvalue weighted by atomic mass is 10.1. The van der Waals surface area contributed by atoms with E-state index < -0.39 is 6.04 Å². The van der Waals surface area contributed by atoms with E-state index in [0.29, 0.717) is 44.0 Å². The molecule has 31 heavy (non-hydrogen) atoms. The van der Waals surface area contributed by atoms with E-state index in [1.165, 1.54) is 0 Å². The van der Waals surface area contributed by atoms with Crippen LogP contribution in [0.4, 0.5) is 0 Å². The molecule has 0 spiro atoms. The Balaban J connectivity index is 1.99. The lowest BCUT2D eigenvalue weighted by Crippen LogP contribution is -2.49. The summed E-state index contributed by atoms with van der Waals surface area (Å²) in [6.07, 6.45) is 3.39. The van der Waals surface area contributed by atoms with Crippen molar-refractivity contribution in [1.82, 2.24) is 10.2 Å². The summed E-state index contributed by atoms with van der Waals surface area (Å²) < 4.78 is 5.70. The van der Waals surface area contributed by atoms with Crippen LogP contribution in [0.3, 0.4) is 0 Å². The molecule has 0 heterocycles. The van der Waals surface area contributed by atoms with Crippen molar-refractivity contribution in [3.63, 3.8) is 0 Å². The number of nitrogens with zero attached hydrogens (tertiary/aromatic N) is 1. The van der Waals surface area contributed by atoms with Crippen molar-refractivity contribution >= 4 is 23.4 Å². The molecule has 168 valence electrons. The molecule has 1 atom stereocenters. The Morgan fingerprint density at radius 1 is 1.03 bits per heavy atom. The first-order valence-corrected chi connectivity index (χ1v) is 11.4. The number of halogens is 1. The van der Waals surface area contributed by atoms with Crippen LogP contribution in [0.25, 0.3) is 0 Å². The van der Waals surface area contributed by atoms with Crippen molar-refractivity contribution in [1.29, 1.82) is 0 Å². The summed E-state index contributed by atoms with van der Waals surface area (Å²) in [7, 11) is 0. The van der Waals surface area contributed by atoms with E-state index in [9.17, 15) is 9.59 Å². The zero-order valence-electron chi connectivity index (χ0n) is 18.5. The largest absolute Gasteiger partial charge is 0.494 e. The molecular formula is C25H33ClN2O3. The summed E-state index contributed by atoms with van der Waals surface area (Å²) >= 11 is 5.89. The fourth-order valence-electron chi connectivity index (χ4n) is 3.29. The number of hydrogen-bond acceptors (Lipinski definition) is 3. The third-order valence-electron chi connectivity index (χ3n) is 5.03. The second-order valence-electron chi connectivity index (χ2n) is 7.48. The van der Waals surface area contributed by atoms with Gasteiger partial charge in [0.25, 0.3) is 0 Å². The van der Waals surface area contributed by atoms with Crippen molar-refractivity contribution in [3.8, 4) is 5.75 Å². The molecule has 1 unspecified atom stereocenters. The number of rotatable bonds is 13. The van der Waals surface area contributed by atoms with Gasteiger partial charge in [-0.2, -0.15) is 0 Å². The highest BCUT2D eigenvalue weighted by Crippen LogP contribution is 2.17. The third kappa shape index (κ3) is 8.62. The van der Waals surface area contributed by atoms with Crippen LogP contribution < -0.4 is 10.1 Å². The van der Waals surface area contributed by atoms with Crippen LogP contribution in [-0.2, 0) is 16.1 Å². The van der Waals surface area contributed by atoms with Gasteiger partial charge in [-0.15, -0.1) is 0 Å². The monoisotopic (exact) mass is 444 g/mol. The fourth-order valence-corrected chi connectivity index (χ4v) is 3.42. The lowest BCUT2D eigenvalue weighted by molar-refractivity contribution is -0.141. The maximum absolute atomic E-state index is 13.1. The minimum atomic E-state index is -0.484. The van der Waals surface area contributed by atoms with Crippen molar-refractivity contribution in [3.05, 3.63) is 65.2 Å². The number of carbonyl (C=O) groups is 2. The molecule has 0 aliphatic rings. The van der Waals surface area contributed by atoms with Crippen molar-refractivity contribution < 1.29 is 14.3 Å². The molecule has 5 nitrogen and oxygen atoms in total. The molecule has 2 aromatic rings. The molecule has 2 rings (SSSR count). The van der Waals surface area contributed by atoms with Crippen LogP contribution in [0, 0.1) is 0 Å². The fraction of sp³-hybridized carbons (Fsp3) is 0.440.